The summed E-state index contributed by atoms with van der Waals surface area (Å²) in [6, 6.07) is 0. The maximum absolute atomic E-state index is 3.77. The molecular weight excluding hydrogens is 188 g/mol. The Morgan fingerprint density at radius 2 is 2.11 bits per heavy atom. The van der Waals surface area contributed by atoms with E-state index in [0.29, 0.717) is 0 Å². The van der Waals surface area contributed by atoms with Gasteiger partial charge in [-0.1, -0.05) is 34.7 Å². The Labute approximate surface area is 81.5 Å². The van der Waals surface area contributed by atoms with E-state index < -0.39 is 0 Å². The molecule has 0 heterocycles. The van der Waals surface area contributed by atoms with Gasteiger partial charge in [0, 0.05) is 35.4 Å². The van der Waals surface area contributed by atoms with Crippen LogP contribution in [0.2, 0.25) is 0 Å². The fourth-order valence-electron chi connectivity index (χ4n) is 0.498. The number of halogens is 1. The quantitative estimate of drug-likeness (QED) is 0.522. The van der Waals surface area contributed by atoms with Crippen LogP contribution < -0.4 is 0 Å². The van der Waals surface area contributed by atoms with Crippen molar-refractivity contribution in [3.05, 3.63) is 41.3 Å². The largest absolute Gasteiger partial charge is 0.0941 e. The maximum Gasteiger partial charge on any atom is 0.0207 e. The molecule has 3 radical (unpaired) electrons. The van der Waals surface area contributed by atoms with Crippen LogP contribution in [0.3, 0.4) is 0 Å². The van der Waals surface area contributed by atoms with Gasteiger partial charge < -0.3 is 0 Å². The van der Waals surface area contributed by atoms with Crippen LogP contribution in [0, 0.1) is 6.42 Å². The van der Waals surface area contributed by atoms with Gasteiger partial charge in [-0.2, -0.15) is 0 Å². The average molecular weight is 196 g/mol. The van der Waals surface area contributed by atoms with Crippen LogP contribution in [0.1, 0.15) is 1.43 Å². The van der Waals surface area contributed by atoms with E-state index in [-0.39, 0.29) is 24.5 Å². The Balaban J connectivity index is 0. The SMILES string of the molecule is C=C1[CH]C=CC=C1Br.[HH].[Mg]. The summed E-state index contributed by atoms with van der Waals surface area (Å²) < 4.78 is 1.07. The van der Waals surface area contributed by atoms with Crippen LogP contribution in [0.25, 0.3) is 0 Å². The summed E-state index contributed by atoms with van der Waals surface area (Å²) in [7, 11) is 0. The lowest BCUT2D eigenvalue weighted by molar-refractivity contribution is 1.54. The van der Waals surface area contributed by atoms with Gasteiger partial charge >= 0.3 is 0 Å². The molecule has 0 aliphatic heterocycles. The summed E-state index contributed by atoms with van der Waals surface area (Å²) in [4.78, 5) is 0. The first-order chi connectivity index (χ1) is 3.80. The molecule has 0 amide bonds. The average Bonchev–Trinajstić information content (AvgIpc) is 1.77. The molecule has 0 saturated heterocycles. The van der Waals surface area contributed by atoms with Gasteiger partial charge in [-0.25, -0.2) is 0 Å². The van der Waals surface area contributed by atoms with Gasteiger partial charge in [-0.05, 0) is 11.6 Å². The van der Waals surface area contributed by atoms with Crippen LogP contribution in [-0.2, 0) is 0 Å². The van der Waals surface area contributed by atoms with Crippen molar-refractivity contribution in [2.45, 2.75) is 0 Å². The zero-order chi connectivity index (χ0) is 5.98. The number of rotatable bonds is 0. The van der Waals surface area contributed by atoms with Crippen LogP contribution in [-0.4, -0.2) is 23.1 Å². The van der Waals surface area contributed by atoms with E-state index in [1.54, 1.807) is 0 Å². The van der Waals surface area contributed by atoms with E-state index in [2.05, 4.69) is 22.5 Å². The van der Waals surface area contributed by atoms with Crippen molar-refractivity contribution in [3.8, 4) is 0 Å². The molecule has 0 bridgehead atoms. The van der Waals surface area contributed by atoms with Crippen molar-refractivity contribution in [2.75, 3.05) is 0 Å². The molecule has 2 heteroatoms. The molecule has 1 aliphatic carbocycles. The molecule has 45 valence electrons. The highest BCUT2D eigenvalue weighted by Crippen LogP contribution is 2.21. The summed E-state index contributed by atoms with van der Waals surface area (Å²) in [5, 5.41) is 0. The van der Waals surface area contributed by atoms with Gasteiger partial charge in [0.25, 0.3) is 0 Å². The predicted octanol–water partition coefficient (Wildman–Crippen LogP) is 2.46. The third-order valence-electron chi connectivity index (χ3n) is 0.958. The molecule has 0 spiro atoms. The fraction of sp³-hybridized carbons (Fsp3) is 0. The highest BCUT2D eigenvalue weighted by atomic mass is 79.9. The highest BCUT2D eigenvalue weighted by Gasteiger charge is 1.97. The van der Waals surface area contributed by atoms with Crippen LogP contribution in [0.5, 0.6) is 0 Å². The topological polar surface area (TPSA) is 0 Å². The number of hydrogen-bond acceptors (Lipinski definition) is 0. The van der Waals surface area contributed by atoms with Crippen molar-refractivity contribution < 1.29 is 1.43 Å². The minimum absolute atomic E-state index is 0. The minimum atomic E-state index is 0. The van der Waals surface area contributed by atoms with E-state index in [0.717, 1.165) is 10.1 Å². The molecule has 0 fully saturated rings. The molecule has 0 N–H and O–H groups in total. The van der Waals surface area contributed by atoms with Crippen molar-refractivity contribution in [3.63, 3.8) is 0 Å². The molecule has 1 aliphatic rings. The van der Waals surface area contributed by atoms with Gasteiger partial charge in [-0.3, -0.25) is 0 Å². The Kier molecular flexibility index (Phi) is 4.53. The third kappa shape index (κ3) is 2.69. The van der Waals surface area contributed by atoms with Gasteiger partial charge in [-0.15, -0.1) is 0 Å². The lowest BCUT2D eigenvalue weighted by Crippen LogP contribution is -1.82. The standard InChI is InChI=1S/C7H6Br.Mg.H2/c1-6-4-2-3-5-7(6)8;;/h2-5H,1H2;;1H. The molecule has 0 atom stereocenters. The van der Waals surface area contributed by atoms with E-state index in [4.69, 9.17) is 0 Å². The van der Waals surface area contributed by atoms with Gasteiger partial charge in [0.05, 0.1) is 0 Å². The first-order valence-electron chi connectivity index (χ1n) is 2.37. The first kappa shape index (κ1) is 9.47. The minimum Gasteiger partial charge on any atom is -0.0941 e. The zero-order valence-electron chi connectivity index (χ0n) is 5.10. The lowest BCUT2D eigenvalue weighted by Gasteiger charge is -2.01. The van der Waals surface area contributed by atoms with Gasteiger partial charge in [0.15, 0.2) is 0 Å². The van der Waals surface area contributed by atoms with E-state index in [9.17, 15) is 0 Å². The fourth-order valence-corrected chi connectivity index (χ4v) is 0.783. The maximum atomic E-state index is 3.77. The predicted molar refractivity (Wildman–Crippen MR) is 47.5 cm³/mol. The molecule has 9 heavy (non-hydrogen) atoms. The molecular formula is C7H8BrMg. The van der Waals surface area contributed by atoms with Crippen molar-refractivity contribution in [2.24, 2.45) is 0 Å². The van der Waals surface area contributed by atoms with E-state index in [1.165, 1.54) is 0 Å². The van der Waals surface area contributed by atoms with Gasteiger partial charge in [0.1, 0.15) is 0 Å². The zero-order valence-corrected chi connectivity index (χ0v) is 8.10. The Morgan fingerprint density at radius 3 is 2.44 bits per heavy atom. The monoisotopic (exact) mass is 195 g/mol. The van der Waals surface area contributed by atoms with Crippen LogP contribution >= 0.6 is 15.9 Å². The summed E-state index contributed by atoms with van der Waals surface area (Å²) in [6.07, 6.45) is 7.87. The third-order valence-corrected chi connectivity index (χ3v) is 1.73. The number of allylic oxidation sites excluding steroid dienone is 5. The second-order valence-corrected chi connectivity index (χ2v) is 2.45. The van der Waals surface area contributed by atoms with Crippen molar-refractivity contribution in [1.29, 1.82) is 0 Å². The summed E-state index contributed by atoms with van der Waals surface area (Å²) in [5.41, 5.74) is 1.03. The molecule has 0 saturated carbocycles. The second-order valence-electron chi connectivity index (χ2n) is 1.59. The van der Waals surface area contributed by atoms with Gasteiger partial charge in [0.2, 0.25) is 0 Å². The summed E-state index contributed by atoms with van der Waals surface area (Å²) >= 11 is 3.33. The summed E-state index contributed by atoms with van der Waals surface area (Å²) in [6.45, 7) is 3.77. The number of hydrogen-bond donors (Lipinski definition) is 0. The molecule has 0 aromatic carbocycles. The van der Waals surface area contributed by atoms with Crippen molar-refractivity contribution >= 4 is 39.0 Å². The molecule has 0 unspecified atom stereocenters. The molecule has 0 aromatic rings. The Hall–Kier alpha value is 0.466. The normalized spacial score (nSPS) is 16.6. The van der Waals surface area contributed by atoms with Crippen LogP contribution in [0.4, 0.5) is 0 Å². The Morgan fingerprint density at radius 1 is 1.44 bits per heavy atom. The summed E-state index contributed by atoms with van der Waals surface area (Å²) in [5.74, 6) is 0. The molecule has 0 nitrogen and oxygen atoms in total. The van der Waals surface area contributed by atoms with E-state index in [1.807, 2.05) is 24.6 Å². The first-order valence-corrected chi connectivity index (χ1v) is 3.16. The Bertz CT molecular complexity index is 172. The highest BCUT2D eigenvalue weighted by molar-refractivity contribution is 9.12. The van der Waals surface area contributed by atoms with E-state index >= 15 is 0 Å². The smallest absolute Gasteiger partial charge is 0.0207 e. The van der Waals surface area contributed by atoms with Crippen LogP contribution in [0.15, 0.2) is 34.9 Å². The lowest BCUT2D eigenvalue weighted by atomic mass is 10.1. The second kappa shape index (κ2) is 4.31. The molecule has 0 aromatic heterocycles. The van der Waals surface area contributed by atoms with Crippen molar-refractivity contribution in [1.82, 2.24) is 0 Å². The molecule has 1 rings (SSSR count).